The molecule has 0 radical (unpaired) electrons. The lowest BCUT2D eigenvalue weighted by Crippen LogP contribution is -2.36. The summed E-state index contributed by atoms with van der Waals surface area (Å²) in [6, 6.07) is 10.7. The van der Waals surface area contributed by atoms with E-state index in [-0.39, 0.29) is 11.1 Å². The predicted molar refractivity (Wildman–Crippen MR) is 77.5 cm³/mol. The third-order valence-corrected chi connectivity index (χ3v) is 4.30. The minimum Gasteiger partial charge on any atom is -0.282 e. The SMILES string of the molecule is O=C1c2ccccc2C(=O)N1C(=O)c1ccccc1S(=O)(=O)O. The van der Waals surface area contributed by atoms with Crippen LogP contribution < -0.4 is 0 Å². The molecule has 1 N–H and O–H groups in total. The maximum Gasteiger partial charge on any atom is 0.295 e. The molecule has 0 aliphatic carbocycles. The van der Waals surface area contributed by atoms with E-state index in [1.54, 1.807) is 12.1 Å². The van der Waals surface area contributed by atoms with Crippen LogP contribution in [-0.2, 0) is 10.1 Å². The molecule has 1 aliphatic heterocycles. The average Bonchev–Trinajstić information content (AvgIpc) is 2.78. The van der Waals surface area contributed by atoms with Crippen LogP contribution in [0.15, 0.2) is 53.4 Å². The van der Waals surface area contributed by atoms with E-state index >= 15 is 0 Å². The van der Waals surface area contributed by atoms with Gasteiger partial charge in [0.2, 0.25) is 0 Å². The Morgan fingerprint density at radius 2 is 1.35 bits per heavy atom. The Kier molecular flexibility index (Phi) is 3.35. The summed E-state index contributed by atoms with van der Waals surface area (Å²) in [6.07, 6.45) is 0. The summed E-state index contributed by atoms with van der Waals surface area (Å²) in [7, 11) is -4.68. The number of hydrogen-bond acceptors (Lipinski definition) is 5. The fourth-order valence-electron chi connectivity index (χ4n) is 2.36. The van der Waals surface area contributed by atoms with Crippen LogP contribution in [0.2, 0.25) is 0 Å². The summed E-state index contributed by atoms with van der Waals surface area (Å²) < 4.78 is 31.9. The van der Waals surface area contributed by atoms with Crippen molar-refractivity contribution in [1.82, 2.24) is 4.90 Å². The number of amides is 3. The van der Waals surface area contributed by atoms with Crippen LogP contribution in [-0.4, -0.2) is 35.6 Å². The van der Waals surface area contributed by atoms with E-state index < -0.39 is 38.3 Å². The standard InChI is InChI=1S/C15H9NO6S/c17-13-9-5-1-2-6-10(9)14(18)16(13)15(19)11-7-3-4-8-12(11)23(20,21)22/h1-8H,(H,20,21,22). The first-order chi connectivity index (χ1) is 10.8. The van der Waals surface area contributed by atoms with E-state index in [1.807, 2.05) is 0 Å². The molecule has 116 valence electrons. The first kappa shape index (κ1) is 15.1. The van der Waals surface area contributed by atoms with Gasteiger partial charge in [-0.05, 0) is 24.3 Å². The van der Waals surface area contributed by atoms with E-state index in [9.17, 15) is 27.4 Å². The van der Waals surface area contributed by atoms with E-state index in [2.05, 4.69) is 0 Å². The van der Waals surface area contributed by atoms with Gasteiger partial charge < -0.3 is 0 Å². The van der Waals surface area contributed by atoms with Gasteiger partial charge in [0, 0.05) is 0 Å². The van der Waals surface area contributed by atoms with Gasteiger partial charge in [-0.1, -0.05) is 24.3 Å². The minimum atomic E-state index is -4.68. The fourth-order valence-corrected chi connectivity index (χ4v) is 3.05. The second kappa shape index (κ2) is 5.11. The first-order valence-corrected chi connectivity index (χ1v) is 7.85. The zero-order chi connectivity index (χ0) is 16.8. The maximum atomic E-state index is 12.5. The molecule has 2 aromatic rings. The summed E-state index contributed by atoms with van der Waals surface area (Å²) in [6.45, 7) is 0. The number of nitrogens with zero attached hydrogens (tertiary/aromatic N) is 1. The Morgan fingerprint density at radius 3 is 1.87 bits per heavy atom. The van der Waals surface area contributed by atoms with Crippen molar-refractivity contribution in [1.29, 1.82) is 0 Å². The number of carbonyl (C=O) groups is 3. The molecule has 0 unspecified atom stereocenters. The molecule has 0 atom stereocenters. The van der Waals surface area contributed by atoms with Gasteiger partial charge in [-0.3, -0.25) is 18.9 Å². The van der Waals surface area contributed by atoms with Gasteiger partial charge in [-0.15, -0.1) is 0 Å². The number of rotatable bonds is 2. The average molecular weight is 331 g/mol. The Morgan fingerprint density at radius 1 is 0.870 bits per heavy atom. The minimum absolute atomic E-state index is 0.0650. The van der Waals surface area contributed by atoms with Crippen molar-refractivity contribution in [3.63, 3.8) is 0 Å². The van der Waals surface area contributed by atoms with Crippen LogP contribution in [0.5, 0.6) is 0 Å². The summed E-state index contributed by atoms with van der Waals surface area (Å²) in [5.74, 6) is -2.77. The summed E-state index contributed by atoms with van der Waals surface area (Å²) >= 11 is 0. The molecule has 7 nitrogen and oxygen atoms in total. The molecular formula is C15H9NO6S. The quantitative estimate of drug-likeness (QED) is 0.657. The van der Waals surface area contributed by atoms with Gasteiger partial charge in [-0.25, -0.2) is 4.90 Å². The normalized spacial score (nSPS) is 14.0. The van der Waals surface area contributed by atoms with Gasteiger partial charge in [0.25, 0.3) is 27.8 Å². The molecule has 0 bridgehead atoms. The van der Waals surface area contributed by atoms with Crippen LogP contribution in [0, 0.1) is 0 Å². The zero-order valence-corrected chi connectivity index (χ0v) is 12.3. The molecule has 1 aliphatic rings. The maximum absolute atomic E-state index is 12.5. The first-order valence-electron chi connectivity index (χ1n) is 6.41. The Labute approximate surface area is 130 Å². The van der Waals surface area contributed by atoms with E-state index in [0.717, 1.165) is 12.1 Å². The summed E-state index contributed by atoms with van der Waals surface area (Å²) in [4.78, 5) is 36.7. The highest BCUT2D eigenvalue weighted by molar-refractivity contribution is 7.86. The van der Waals surface area contributed by atoms with Gasteiger partial charge in [0.1, 0.15) is 4.90 Å². The highest BCUT2D eigenvalue weighted by Gasteiger charge is 2.41. The molecule has 0 saturated carbocycles. The molecular weight excluding hydrogens is 322 g/mol. The van der Waals surface area contributed by atoms with Crippen molar-refractivity contribution in [3.05, 3.63) is 65.2 Å². The molecule has 0 spiro atoms. The summed E-state index contributed by atoms with van der Waals surface area (Å²) in [5, 5.41) is 0. The topological polar surface area (TPSA) is 109 Å². The molecule has 3 amide bonds. The van der Waals surface area contributed by atoms with Crippen molar-refractivity contribution in [2.45, 2.75) is 4.90 Å². The lowest BCUT2D eigenvalue weighted by molar-refractivity contribution is 0.0564. The molecule has 23 heavy (non-hydrogen) atoms. The monoisotopic (exact) mass is 331 g/mol. The Balaban J connectivity index is 2.11. The summed E-state index contributed by atoms with van der Waals surface area (Å²) in [5.41, 5.74) is -0.324. The number of imide groups is 3. The Bertz CT molecular complexity index is 928. The van der Waals surface area contributed by atoms with Gasteiger partial charge in [0.15, 0.2) is 0 Å². The van der Waals surface area contributed by atoms with Crippen molar-refractivity contribution < 1.29 is 27.4 Å². The molecule has 0 aromatic heterocycles. The predicted octanol–water partition coefficient (Wildman–Crippen LogP) is 1.37. The van der Waals surface area contributed by atoms with Crippen molar-refractivity contribution in [2.75, 3.05) is 0 Å². The van der Waals surface area contributed by atoms with Crippen LogP contribution >= 0.6 is 0 Å². The van der Waals surface area contributed by atoms with Crippen LogP contribution in [0.25, 0.3) is 0 Å². The number of hydrogen-bond donors (Lipinski definition) is 1. The van der Waals surface area contributed by atoms with E-state index in [1.165, 1.54) is 24.3 Å². The van der Waals surface area contributed by atoms with Crippen molar-refractivity contribution in [2.24, 2.45) is 0 Å². The third-order valence-electron chi connectivity index (χ3n) is 3.39. The molecule has 1 heterocycles. The fraction of sp³-hybridized carbons (Fsp3) is 0. The molecule has 8 heteroatoms. The number of carbonyl (C=O) groups excluding carboxylic acids is 3. The van der Waals surface area contributed by atoms with Crippen LogP contribution in [0.3, 0.4) is 0 Å². The molecule has 0 fully saturated rings. The highest BCUT2D eigenvalue weighted by Crippen LogP contribution is 2.26. The number of fused-ring (bicyclic) bond motifs is 1. The highest BCUT2D eigenvalue weighted by atomic mass is 32.2. The van der Waals surface area contributed by atoms with E-state index in [4.69, 9.17) is 0 Å². The zero-order valence-electron chi connectivity index (χ0n) is 11.5. The number of benzene rings is 2. The lowest BCUT2D eigenvalue weighted by Gasteiger charge is -2.13. The van der Waals surface area contributed by atoms with Crippen LogP contribution in [0.1, 0.15) is 31.1 Å². The van der Waals surface area contributed by atoms with Crippen LogP contribution in [0.4, 0.5) is 0 Å². The largest absolute Gasteiger partial charge is 0.295 e. The Hall–Kier alpha value is -2.84. The van der Waals surface area contributed by atoms with Gasteiger partial charge in [0.05, 0.1) is 16.7 Å². The smallest absolute Gasteiger partial charge is 0.282 e. The second-order valence-electron chi connectivity index (χ2n) is 4.77. The van der Waals surface area contributed by atoms with Crippen molar-refractivity contribution in [3.8, 4) is 0 Å². The molecule has 0 saturated heterocycles. The third kappa shape index (κ3) is 2.33. The molecule has 3 rings (SSSR count). The van der Waals surface area contributed by atoms with Gasteiger partial charge in [-0.2, -0.15) is 8.42 Å². The molecule has 2 aromatic carbocycles. The van der Waals surface area contributed by atoms with Crippen molar-refractivity contribution >= 4 is 27.8 Å². The lowest BCUT2D eigenvalue weighted by atomic mass is 10.1. The van der Waals surface area contributed by atoms with E-state index in [0.29, 0.717) is 4.90 Å². The second-order valence-corrected chi connectivity index (χ2v) is 6.16. The van der Waals surface area contributed by atoms with Gasteiger partial charge >= 0.3 is 0 Å².